The van der Waals surface area contributed by atoms with Gasteiger partial charge in [0.05, 0.1) is 10.8 Å². The Balaban J connectivity index is 1.66. The summed E-state index contributed by atoms with van der Waals surface area (Å²) >= 11 is 13.5. The largest absolute Gasteiger partial charge is 0.484 e. The Morgan fingerprint density at radius 1 is 1.23 bits per heavy atom. The summed E-state index contributed by atoms with van der Waals surface area (Å²) in [7, 11) is 0. The first-order valence-corrected chi connectivity index (χ1v) is 11.2. The third-order valence-electron chi connectivity index (χ3n) is 4.43. The van der Waals surface area contributed by atoms with Crippen LogP contribution in [0.3, 0.4) is 0 Å². The second kappa shape index (κ2) is 10.7. The van der Waals surface area contributed by atoms with Crippen LogP contribution in [0, 0.1) is 13.8 Å². The molecule has 2 aromatic carbocycles. The number of ether oxygens (including phenoxy) is 1. The number of amides is 1. The van der Waals surface area contributed by atoms with Crippen molar-refractivity contribution in [2.75, 3.05) is 11.1 Å². The lowest BCUT2D eigenvalue weighted by molar-refractivity contribution is -0.113. The molecule has 31 heavy (non-hydrogen) atoms. The fourth-order valence-corrected chi connectivity index (χ4v) is 3.99. The molecule has 1 heterocycles. The van der Waals surface area contributed by atoms with Gasteiger partial charge in [0, 0.05) is 23.3 Å². The van der Waals surface area contributed by atoms with Gasteiger partial charge >= 0.3 is 0 Å². The Kier molecular flexibility index (Phi) is 8.01. The molecule has 162 valence electrons. The maximum atomic E-state index is 12.5. The highest BCUT2D eigenvalue weighted by Crippen LogP contribution is 2.28. The van der Waals surface area contributed by atoms with E-state index < -0.39 is 0 Å². The Labute approximate surface area is 195 Å². The first-order valence-electron chi connectivity index (χ1n) is 9.48. The first-order chi connectivity index (χ1) is 14.9. The standard InChI is InChI=1S/C22H22Cl2N4O2S/c1-4-10-28-19(12-30-18-11-16(23)8-9-17(18)24)26-27-22(28)31-13-20(29)25-21-14(2)6-5-7-15(21)3/h4-9,11H,1,10,12-13H2,2-3H3,(H,25,29). The number of nitrogens with zero attached hydrogens (tertiary/aromatic N) is 3. The topological polar surface area (TPSA) is 69.0 Å². The van der Waals surface area contributed by atoms with E-state index in [-0.39, 0.29) is 18.3 Å². The highest BCUT2D eigenvalue weighted by molar-refractivity contribution is 7.99. The van der Waals surface area contributed by atoms with E-state index in [0.717, 1.165) is 16.8 Å². The molecule has 3 rings (SSSR count). The van der Waals surface area contributed by atoms with Gasteiger partial charge in [-0.05, 0) is 37.1 Å². The number of halogens is 2. The average molecular weight is 477 g/mol. The molecule has 0 aliphatic carbocycles. The van der Waals surface area contributed by atoms with Gasteiger partial charge in [-0.2, -0.15) is 0 Å². The van der Waals surface area contributed by atoms with Crippen molar-refractivity contribution < 1.29 is 9.53 Å². The van der Waals surface area contributed by atoms with E-state index in [1.807, 2.05) is 36.6 Å². The van der Waals surface area contributed by atoms with Crippen LogP contribution in [-0.4, -0.2) is 26.4 Å². The normalized spacial score (nSPS) is 10.7. The van der Waals surface area contributed by atoms with E-state index in [1.54, 1.807) is 24.3 Å². The number of aryl methyl sites for hydroxylation is 2. The number of hydrogen-bond acceptors (Lipinski definition) is 5. The van der Waals surface area contributed by atoms with Crippen LogP contribution in [0.2, 0.25) is 10.0 Å². The lowest BCUT2D eigenvalue weighted by Gasteiger charge is -2.12. The molecule has 0 saturated heterocycles. The molecule has 9 heteroatoms. The van der Waals surface area contributed by atoms with Crippen molar-refractivity contribution >= 4 is 46.6 Å². The third kappa shape index (κ3) is 6.03. The van der Waals surface area contributed by atoms with Crippen LogP contribution in [-0.2, 0) is 17.9 Å². The fourth-order valence-electron chi connectivity index (χ4n) is 2.89. The SMILES string of the molecule is C=CCn1c(COc2cc(Cl)ccc2Cl)nnc1SCC(=O)Nc1c(C)cccc1C. The molecule has 0 spiro atoms. The minimum absolute atomic E-state index is 0.112. The predicted octanol–water partition coefficient (Wildman–Crippen LogP) is 5.70. The molecule has 0 bridgehead atoms. The van der Waals surface area contributed by atoms with Crippen molar-refractivity contribution in [3.63, 3.8) is 0 Å². The molecule has 0 radical (unpaired) electrons. The van der Waals surface area contributed by atoms with Gasteiger partial charge in [-0.3, -0.25) is 9.36 Å². The van der Waals surface area contributed by atoms with Crippen molar-refractivity contribution in [3.8, 4) is 5.75 Å². The zero-order valence-corrected chi connectivity index (χ0v) is 19.5. The lowest BCUT2D eigenvalue weighted by Crippen LogP contribution is -2.16. The van der Waals surface area contributed by atoms with E-state index in [2.05, 4.69) is 22.1 Å². The summed E-state index contributed by atoms with van der Waals surface area (Å²) in [5.41, 5.74) is 2.88. The zero-order valence-electron chi connectivity index (χ0n) is 17.2. The summed E-state index contributed by atoms with van der Waals surface area (Å²) in [6.45, 7) is 8.35. The summed E-state index contributed by atoms with van der Waals surface area (Å²) in [6.07, 6.45) is 1.74. The molecule has 3 aromatic rings. The number of allylic oxidation sites excluding steroid dienone is 1. The van der Waals surface area contributed by atoms with Crippen molar-refractivity contribution in [1.82, 2.24) is 14.8 Å². The molecule has 0 fully saturated rings. The number of thioether (sulfide) groups is 1. The maximum absolute atomic E-state index is 12.5. The number of rotatable bonds is 9. The van der Waals surface area contributed by atoms with Crippen LogP contribution < -0.4 is 10.1 Å². The van der Waals surface area contributed by atoms with Crippen LogP contribution in [0.25, 0.3) is 0 Å². The maximum Gasteiger partial charge on any atom is 0.234 e. The molecule has 0 saturated carbocycles. The highest BCUT2D eigenvalue weighted by atomic mass is 35.5. The molecule has 1 N–H and O–H groups in total. The van der Waals surface area contributed by atoms with Crippen molar-refractivity contribution in [1.29, 1.82) is 0 Å². The Bertz CT molecular complexity index is 1080. The van der Waals surface area contributed by atoms with Crippen molar-refractivity contribution in [2.24, 2.45) is 0 Å². The van der Waals surface area contributed by atoms with Crippen LogP contribution in [0.4, 0.5) is 5.69 Å². The van der Waals surface area contributed by atoms with E-state index in [4.69, 9.17) is 27.9 Å². The molecule has 0 atom stereocenters. The molecule has 0 unspecified atom stereocenters. The van der Waals surface area contributed by atoms with Gasteiger partial charge in [-0.1, -0.05) is 59.2 Å². The summed E-state index contributed by atoms with van der Waals surface area (Å²) in [5, 5.41) is 13.0. The van der Waals surface area contributed by atoms with Gasteiger partial charge in [0.2, 0.25) is 5.91 Å². The van der Waals surface area contributed by atoms with Gasteiger partial charge in [-0.25, -0.2) is 0 Å². The van der Waals surface area contributed by atoms with Crippen LogP contribution >= 0.6 is 35.0 Å². The van der Waals surface area contributed by atoms with Crippen LogP contribution in [0.5, 0.6) is 5.75 Å². The van der Waals surface area contributed by atoms with Gasteiger partial charge in [0.25, 0.3) is 0 Å². The number of nitrogens with one attached hydrogen (secondary N) is 1. The Morgan fingerprint density at radius 2 is 1.97 bits per heavy atom. The average Bonchev–Trinajstić information content (AvgIpc) is 3.12. The number of aromatic nitrogens is 3. The Hall–Kier alpha value is -2.48. The van der Waals surface area contributed by atoms with Crippen molar-refractivity contribution in [3.05, 3.63) is 76.0 Å². The second-order valence-electron chi connectivity index (χ2n) is 6.77. The zero-order chi connectivity index (χ0) is 22.4. The number of para-hydroxylation sites is 1. The van der Waals surface area contributed by atoms with Gasteiger partial charge in [-0.15, -0.1) is 16.8 Å². The van der Waals surface area contributed by atoms with Crippen LogP contribution in [0.15, 0.2) is 54.2 Å². The third-order valence-corrected chi connectivity index (χ3v) is 5.95. The summed E-state index contributed by atoms with van der Waals surface area (Å²) in [6, 6.07) is 10.9. The molecular weight excluding hydrogens is 455 g/mol. The van der Waals surface area contributed by atoms with Gasteiger partial charge < -0.3 is 10.1 Å². The molecule has 0 aliphatic rings. The molecular formula is C22H22Cl2N4O2S. The number of carbonyl (C=O) groups is 1. The van der Waals surface area contributed by atoms with E-state index >= 15 is 0 Å². The predicted molar refractivity (Wildman–Crippen MR) is 126 cm³/mol. The number of hydrogen-bond donors (Lipinski definition) is 1. The van der Waals surface area contributed by atoms with E-state index in [0.29, 0.717) is 33.3 Å². The quantitative estimate of drug-likeness (QED) is 0.316. The molecule has 1 aromatic heterocycles. The number of anilines is 1. The van der Waals surface area contributed by atoms with E-state index in [1.165, 1.54) is 11.8 Å². The van der Waals surface area contributed by atoms with Crippen molar-refractivity contribution in [2.45, 2.75) is 32.2 Å². The first kappa shape index (κ1) is 23.2. The summed E-state index contributed by atoms with van der Waals surface area (Å²) < 4.78 is 7.62. The second-order valence-corrected chi connectivity index (χ2v) is 8.55. The highest BCUT2D eigenvalue weighted by Gasteiger charge is 2.15. The number of benzene rings is 2. The van der Waals surface area contributed by atoms with Crippen LogP contribution in [0.1, 0.15) is 17.0 Å². The molecule has 0 aliphatic heterocycles. The molecule has 1 amide bonds. The minimum Gasteiger partial charge on any atom is -0.484 e. The van der Waals surface area contributed by atoms with Gasteiger partial charge in [0.15, 0.2) is 11.0 Å². The monoisotopic (exact) mass is 476 g/mol. The summed E-state index contributed by atoms with van der Waals surface area (Å²) in [4.78, 5) is 12.5. The Morgan fingerprint density at radius 3 is 2.68 bits per heavy atom. The lowest BCUT2D eigenvalue weighted by atomic mass is 10.1. The minimum atomic E-state index is -0.112. The molecule has 6 nitrogen and oxygen atoms in total. The van der Waals surface area contributed by atoms with Gasteiger partial charge in [0.1, 0.15) is 12.4 Å². The smallest absolute Gasteiger partial charge is 0.234 e. The summed E-state index contributed by atoms with van der Waals surface area (Å²) in [5.74, 6) is 1.14. The fraction of sp³-hybridized carbons (Fsp3) is 0.227. The van der Waals surface area contributed by atoms with E-state index in [9.17, 15) is 4.79 Å². The number of carbonyl (C=O) groups excluding carboxylic acids is 1.